The Bertz CT molecular complexity index is 976. The predicted molar refractivity (Wildman–Crippen MR) is 85.5 cm³/mol. The van der Waals surface area contributed by atoms with Crippen molar-refractivity contribution in [2.45, 2.75) is 13.3 Å². The number of carbonyl (C=O) groups is 1. The standard InChI is InChI=1S/C18H13N3O/c1-10-2-4-16-14(6-10)18-13(8-17(22)20-16)12-7-11(9-19)3-5-15(12)21-18/h2-7,21H,8H2,1H3,(H,20,22). The van der Waals surface area contributed by atoms with Crippen LogP contribution in [0.15, 0.2) is 36.4 Å². The lowest BCUT2D eigenvalue weighted by molar-refractivity contribution is -0.115. The molecule has 0 aliphatic carbocycles. The second-order valence-electron chi connectivity index (χ2n) is 5.62. The quantitative estimate of drug-likeness (QED) is 0.664. The van der Waals surface area contributed by atoms with Gasteiger partial charge in [-0.05, 0) is 42.8 Å². The number of amides is 1. The molecule has 1 aliphatic rings. The number of fused-ring (bicyclic) bond motifs is 5. The van der Waals surface area contributed by atoms with Gasteiger partial charge in [-0.25, -0.2) is 0 Å². The highest BCUT2D eigenvalue weighted by atomic mass is 16.1. The molecule has 1 aliphatic heterocycles. The van der Waals surface area contributed by atoms with Gasteiger partial charge in [-0.3, -0.25) is 4.79 Å². The van der Waals surface area contributed by atoms with E-state index in [2.05, 4.69) is 22.4 Å². The van der Waals surface area contributed by atoms with Gasteiger partial charge < -0.3 is 10.3 Å². The van der Waals surface area contributed by atoms with E-state index >= 15 is 0 Å². The molecule has 1 aromatic heterocycles. The highest BCUT2D eigenvalue weighted by molar-refractivity contribution is 6.05. The van der Waals surface area contributed by atoms with E-state index in [0.717, 1.165) is 39.0 Å². The molecule has 0 bridgehead atoms. The fourth-order valence-electron chi connectivity index (χ4n) is 3.06. The molecule has 0 spiro atoms. The highest BCUT2D eigenvalue weighted by Crippen LogP contribution is 2.38. The summed E-state index contributed by atoms with van der Waals surface area (Å²) in [4.78, 5) is 15.6. The number of aromatic nitrogens is 1. The predicted octanol–water partition coefficient (Wildman–Crippen LogP) is 3.51. The summed E-state index contributed by atoms with van der Waals surface area (Å²) in [6, 6.07) is 13.7. The molecule has 0 radical (unpaired) electrons. The Morgan fingerprint density at radius 2 is 2.05 bits per heavy atom. The second-order valence-corrected chi connectivity index (χ2v) is 5.62. The van der Waals surface area contributed by atoms with Crippen LogP contribution in [0.2, 0.25) is 0 Å². The van der Waals surface area contributed by atoms with Crippen LogP contribution in [-0.4, -0.2) is 10.9 Å². The van der Waals surface area contributed by atoms with Gasteiger partial charge in [0, 0.05) is 16.5 Å². The molecule has 0 fully saturated rings. The third kappa shape index (κ3) is 1.80. The van der Waals surface area contributed by atoms with Crippen LogP contribution in [-0.2, 0) is 11.2 Å². The van der Waals surface area contributed by atoms with Gasteiger partial charge in [0.05, 0.1) is 29.4 Å². The minimum Gasteiger partial charge on any atom is -0.354 e. The lowest BCUT2D eigenvalue weighted by Gasteiger charge is -2.07. The molecule has 0 saturated carbocycles. The van der Waals surface area contributed by atoms with E-state index in [9.17, 15) is 4.79 Å². The van der Waals surface area contributed by atoms with Crippen molar-refractivity contribution in [1.82, 2.24) is 4.98 Å². The van der Waals surface area contributed by atoms with Gasteiger partial charge in [0.2, 0.25) is 5.91 Å². The van der Waals surface area contributed by atoms with E-state index in [0.29, 0.717) is 12.0 Å². The number of anilines is 1. The molecule has 22 heavy (non-hydrogen) atoms. The zero-order valence-electron chi connectivity index (χ0n) is 12.0. The largest absolute Gasteiger partial charge is 0.354 e. The van der Waals surface area contributed by atoms with E-state index in [1.165, 1.54) is 0 Å². The van der Waals surface area contributed by atoms with Crippen molar-refractivity contribution in [3.05, 3.63) is 53.1 Å². The fraction of sp³-hybridized carbons (Fsp3) is 0.111. The van der Waals surface area contributed by atoms with Crippen LogP contribution in [0.25, 0.3) is 22.2 Å². The van der Waals surface area contributed by atoms with Gasteiger partial charge in [0.1, 0.15) is 0 Å². The van der Waals surface area contributed by atoms with E-state index in [1.54, 1.807) is 6.07 Å². The monoisotopic (exact) mass is 287 g/mol. The number of carbonyl (C=O) groups excluding carboxylic acids is 1. The third-order valence-corrected chi connectivity index (χ3v) is 4.09. The molecular formula is C18H13N3O. The molecule has 2 heterocycles. The highest BCUT2D eigenvalue weighted by Gasteiger charge is 2.22. The van der Waals surface area contributed by atoms with Gasteiger partial charge in [0.25, 0.3) is 0 Å². The average Bonchev–Trinajstić information content (AvgIpc) is 2.80. The Hall–Kier alpha value is -3.06. The molecule has 4 heteroatoms. The molecule has 2 aromatic carbocycles. The fourth-order valence-corrected chi connectivity index (χ4v) is 3.06. The Balaban J connectivity index is 2.08. The summed E-state index contributed by atoms with van der Waals surface area (Å²) in [5.74, 6) is -0.0351. The van der Waals surface area contributed by atoms with Crippen molar-refractivity contribution in [3.63, 3.8) is 0 Å². The van der Waals surface area contributed by atoms with Crippen molar-refractivity contribution in [3.8, 4) is 17.3 Å². The number of rotatable bonds is 0. The number of H-pyrrole nitrogens is 1. The minimum atomic E-state index is -0.0351. The lowest BCUT2D eigenvalue weighted by atomic mass is 10.0. The molecular weight excluding hydrogens is 274 g/mol. The van der Waals surface area contributed by atoms with Crippen LogP contribution in [0.5, 0.6) is 0 Å². The number of nitrogens with zero attached hydrogens (tertiary/aromatic N) is 1. The SMILES string of the molecule is Cc1ccc2c(c1)-c1[nH]c3ccc(C#N)cc3c1CC(=O)N2. The van der Waals surface area contributed by atoms with Crippen molar-refractivity contribution in [2.75, 3.05) is 5.32 Å². The van der Waals surface area contributed by atoms with Crippen LogP contribution in [0, 0.1) is 18.3 Å². The smallest absolute Gasteiger partial charge is 0.228 e. The van der Waals surface area contributed by atoms with Crippen molar-refractivity contribution in [1.29, 1.82) is 5.26 Å². The summed E-state index contributed by atoms with van der Waals surface area (Å²) in [5.41, 5.74) is 6.42. The van der Waals surface area contributed by atoms with E-state index in [4.69, 9.17) is 5.26 Å². The Kier molecular flexibility index (Phi) is 2.57. The molecule has 3 aromatic rings. The third-order valence-electron chi connectivity index (χ3n) is 4.09. The summed E-state index contributed by atoms with van der Waals surface area (Å²) in [6.07, 6.45) is 0.304. The first-order valence-electron chi connectivity index (χ1n) is 7.11. The van der Waals surface area contributed by atoms with Gasteiger partial charge in [-0.2, -0.15) is 5.26 Å². The topological polar surface area (TPSA) is 68.7 Å². The zero-order valence-corrected chi connectivity index (χ0v) is 12.0. The first-order chi connectivity index (χ1) is 10.7. The zero-order chi connectivity index (χ0) is 15.3. The van der Waals surface area contributed by atoms with Crippen molar-refractivity contribution >= 4 is 22.5 Å². The summed E-state index contributed by atoms with van der Waals surface area (Å²) in [6.45, 7) is 2.03. The van der Waals surface area contributed by atoms with Gasteiger partial charge >= 0.3 is 0 Å². The molecule has 1 amide bonds. The number of benzene rings is 2. The normalized spacial score (nSPS) is 13.0. The maximum absolute atomic E-state index is 12.2. The lowest BCUT2D eigenvalue weighted by Crippen LogP contribution is -2.12. The molecule has 0 saturated heterocycles. The maximum atomic E-state index is 12.2. The van der Waals surface area contributed by atoms with Gasteiger partial charge in [-0.15, -0.1) is 0 Å². The number of nitriles is 1. The number of hydrogen-bond donors (Lipinski definition) is 2. The average molecular weight is 287 g/mol. The van der Waals surface area contributed by atoms with Crippen molar-refractivity contribution < 1.29 is 4.79 Å². The first-order valence-corrected chi connectivity index (χ1v) is 7.11. The molecule has 106 valence electrons. The van der Waals surface area contributed by atoms with E-state index < -0.39 is 0 Å². The van der Waals surface area contributed by atoms with Crippen LogP contribution in [0.1, 0.15) is 16.7 Å². The molecule has 4 rings (SSSR count). The molecule has 4 nitrogen and oxygen atoms in total. The van der Waals surface area contributed by atoms with Crippen LogP contribution < -0.4 is 5.32 Å². The number of hydrogen-bond acceptors (Lipinski definition) is 2. The number of aryl methyl sites for hydroxylation is 1. The Morgan fingerprint density at radius 1 is 1.18 bits per heavy atom. The maximum Gasteiger partial charge on any atom is 0.228 e. The van der Waals surface area contributed by atoms with Gasteiger partial charge in [-0.1, -0.05) is 11.6 Å². The molecule has 0 atom stereocenters. The molecule has 0 unspecified atom stereocenters. The first kappa shape index (κ1) is 12.7. The van der Waals surface area contributed by atoms with Crippen LogP contribution in [0.3, 0.4) is 0 Å². The van der Waals surface area contributed by atoms with E-state index in [-0.39, 0.29) is 5.91 Å². The summed E-state index contributed by atoms with van der Waals surface area (Å²) >= 11 is 0. The summed E-state index contributed by atoms with van der Waals surface area (Å²) in [7, 11) is 0. The second kappa shape index (κ2) is 4.47. The Morgan fingerprint density at radius 3 is 2.86 bits per heavy atom. The van der Waals surface area contributed by atoms with E-state index in [1.807, 2.05) is 31.2 Å². The summed E-state index contributed by atoms with van der Waals surface area (Å²) in [5, 5.41) is 13.0. The molecule has 2 N–H and O–H groups in total. The van der Waals surface area contributed by atoms with Gasteiger partial charge in [0.15, 0.2) is 0 Å². The number of aromatic amines is 1. The van der Waals surface area contributed by atoms with Crippen LogP contribution in [0.4, 0.5) is 5.69 Å². The van der Waals surface area contributed by atoms with Crippen molar-refractivity contribution in [2.24, 2.45) is 0 Å². The minimum absolute atomic E-state index is 0.0351. The summed E-state index contributed by atoms with van der Waals surface area (Å²) < 4.78 is 0. The Labute approximate surface area is 127 Å². The number of nitrogens with one attached hydrogen (secondary N) is 2. The van der Waals surface area contributed by atoms with Crippen LogP contribution >= 0.6 is 0 Å².